The number of aryl methyl sites for hydroxylation is 1. The molecule has 8 nitrogen and oxygen atoms in total. The number of carbonyl (C=O) groups excluding carboxylic acids is 2. The second kappa shape index (κ2) is 8.26. The Balaban J connectivity index is 1.42. The van der Waals surface area contributed by atoms with Crippen molar-refractivity contribution >= 4 is 17.5 Å². The van der Waals surface area contributed by atoms with E-state index in [0.29, 0.717) is 17.3 Å². The number of hydrogen-bond acceptors (Lipinski definition) is 6. The Morgan fingerprint density at radius 3 is 2.86 bits per heavy atom. The van der Waals surface area contributed by atoms with Gasteiger partial charge in [0.1, 0.15) is 5.69 Å². The van der Waals surface area contributed by atoms with Crippen LogP contribution in [0.2, 0.25) is 0 Å². The molecule has 0 unspecified atom stereocenters. The lowest BCUT2D eigenvalue weighted by atomic mass is 10.1. The van der Waals surface area contributed by atoms with Crippen molar-refractivity contribution in [2.75, 3.05) is 25.0 Å². The van der Waals surface area contributed by atoms with Crippen LogP contribution in [0.3, 0.4) is 0 Å². The number of ether oxygens (including phenoxy) is 1. The molecule has 1 aromatic heterocycles. The standard InChI is InChI=1S/C21H25N5O3/c1-13-3-4-15(7-18(13)25-21(28)19-9-22-5-6-23-19)20(27)24-16-8-17-12-29-14(2)10-26(17)11-16/h3-7,9,14,16-17H,8,10-12H2,1-2H3,(H,24,27)(H,25,28)/t14-,16-,17+/m1/s1. The third-order valence-electron chi connectivity index (χ3n) is 5.47. The van der Waals surface area contributed by atoms with Gasteiger partial charge in [-0.05, 0) is 38.0 Å². The minimum absolute atomic E-state index is 0.0975. The van der Waals surface area contributed by atoms with Crippen molar-refractivity contribution in [3.8, 4) is 0 Å². The highest BCUT2D eigenvalue weighted by Gasteiger charge is 2.36. The zero-order valence-electron chi connectivity index (χ0n) is 16.6. The highest BCUT2D eigenvalue weighted by Crippen LogP contribution is 2.24. The van der Waals surface area contributed by atoms with Crippen molar-refractivity contribution < 1.29 is 14.3 Å². The first-order chi connectivity index (χ1) is 14.0. The summed E-state index contributed by atoms with van der Waals surface area (Å²) in [6.07, 6.45) is 5.50. The molecule has 152 valence electrons. The highest BCUT2D eigenvalue weighted by atomic mass is 16.5. The SMILES string of the molecule is Cc1ccc(C(=O)N[C@@H]2C[C@H]3CO[C@H](C)CN3C2)cc1NC(=O)c1cnccn1. The Kier molecular flexibility index (Phi) is 5.55. The van der Waals surface area contributed by atoms with E-state index in [2.05, 4.69) is 32.4 Å². The molecule has 2 aromatic rings. The quantitative estimate of drug-likeness (QED) is 0.817. The summed E-state index contributed by atoms with van der Waals surface area (Å²) >= 11 is 0. The molecule has 29 heavy (non-hydrogen) atoms. The molecule has 2 fully saturated rings. The maximum Gasteiger partial charge on any atom is 0.275 e. The molecular formula is C21H25N5O3. The maximum absolute atomic E-state index is 12.8. The van der Waals surface area contributed by atoms with Gasteiger partial charge in [-0.15, -0.1) is 0 Å². The Hall–Kier alpha value is -2.84. The number of nitrogens with zero attached hydrogens (tertiary/aromatic N) is 3. The lowest BCUT2D eigenvalue weighted by Gasteiger charge is -2.33. The summed E-state index contributed by atoms with van der Waals surface area (Å²) in [6.45, 7) is 6.42. The fourth-order valence-electron chi connectivity index (χ4n) is 3.91. The van der Waals surface area contributed by atoms with Crippen LogP contribution in [-0.2, 0) is 4.74 Å². The van der Waals surface area contributed by atoms with Crippen molar-refractivity contribution in [3.63, 3.8) is 0 Å². The summed E-state index contributed by atoms with van der Waals surface area (Å²) in [6, 6.07) is 5.77. The van der Waals surface area contributed by atoms with E-state index in [9.17, 15) is 9.59 Å². The first-order valence-corrected chi connectivity index (χ1v) is 9.84. The number of fused-ring (bicyclic) bond motifs is 1. The molecule has 2 amide bonds. The smallest absolute Gasteiger partial charge is 0.275 e. The molecule has 4 rings (SSSR count). The molecule has 0 spiro atoms. The fourth-order valence-corrected chi connectivity index (χ4v) is 3.91. The van der Waals surface area contributed by atoms with E-state index in [4.69, 9.17) is 4.74 Å². The lowest BCUT2D eigenvalue weighted by Crippen LogP contribution is -2.45. The zero-order chi connectivity index (χ0) is 20.4. The molecular weight excluding hydrogens is 370 g/mol. The van der Waals surface area contributed by atoms with E-state index in [1.54, 1.807) is 12.1 Å². The van der Waals surface area contributed by atoms with Gasteiger partial charge in [-0.1, -0.05) is 6.07 Å². The van der Waals surface area contributed by atoms with Gasteiger partial charge in [0.25, 0.3) is 11.8 Å². The van der Waals surface area contributed by atoms with Gasteiger partial charge >= 0.3 is 0 Å². The maximum atomic E-state index is 12.8. The molecule has 2 aliphatic heterocycles. The van der Waals surface area contributed by atoms with Gasteiger partial charge in [-0.25, -0.2) is 4.98 Å². The number of anilines is 1. The average Bonchev–Trinajstić information content (AvgIpc) is 3.11. The third-order valence-corrected chi connectivity index (χ3v) is 5.47. The predicted molar refractivity (Wildman–Crippen MR) is 108 cm³/mol. The van der Waals surface area contributed by atoms with Crippen molar-refractivity contribution in [3.05, 3.63) is 53.6 Å². The number of amides is 2. The molecule has 1 aromatic carbocycles. The number of morpholine rings is 1. The van der Waals surface area contributed by atoms with Gasteiger partial charge in [-0.2, -0.15) is 0 Å². The van der Waals surface area contributed by atoms with Crippen LogP contribution in [0.15, 0.2) is 36.8 Å². The second-order valence-electron chi connectivity index (χ2n) is 7.73. The van der Waals surface area contributed by atoms with Crippen LogP contribution in [0, 0.1) is 6.92 Å². The van der Waals surface area contributed by atoms with E-state index in [1.165, 1.54) is 18.6 Å². The summed E-state index contributed by atoms with van der Waals surface area (Å²) in [5, 5.41) is 5.94. The molecule has 8 heteroatoms. The number of hydrogen-bond donors (Lipinski definition) is 2. The van der Waals surface area contributed by atoms with Crippen LogP contribution in [-0.4, -0.2) is 64.6 Å². The lowest BCUT2D eigenvalue weighted by molar-refractivity contribution is -0.0390. The van der Waals surface area contributed by atoms with Crippen LogP contribution in [0.1, 0.15) is 39.8 Å². The van der Waals surface area contributed by atoms with Gasteiger partial charge in [0, 0.05) is 48.8 Å². The van der Waals surface area contributed by atoms with Crippen molar-refractivity contribution in [1.29, 1.82) is 0 Å². The fraction of sp³-hybridized carbons (Fsp3) is 0.429. The minimum atomic E-state index is -0.361. The third kappa shape index (κ3) is 4.44. The number of nitrogens with one attached hydrogen (secondary N) is 2. The van der Waals surface area contributed by atoms with Crippen molar-refractivity contribution in [1.82, 2.24) is 20.2 Å². The van der Waals surface area contributed by atoms with Crippen LogP contribution in [0.4, 0.5) is 5.69 Å². The number of aromatic nitrogens is 2. The van der Waals surface area contributed by atoms with Gasteiger partial charge in [0.2, 0.25) is 0 Å². The van der Waals surface area contributed by atoms with Crippen molar-refractivity contribution in [2.45, 2.75) is 38.5 Å². The number of rotatable bonds is 4. The molecule has 0 saturated carbocycles. The topological polar surface area (TPSA) is 96.5 Å². The number of benzene rings is 1. The Morgan fingerprint density at radius 1 is 1.21 bits per heavy atom. The first-order valence-electron chi connectivity index (χ1n) is 9.84. The van der Waals surface area contributed by atoms with E-state index < -0.39 is 0 Å². The van der Waals surface area contributed by atoms with Gasteiger partial charge in [-0.3, -0.25) is 19.5 Å². The predicted octanol–water partition coefficient (Wildman–Crippen LogP) is 1.63. The Bertz CT molecular complexity index is 904. The van der Waals surface area contributed by atoms with Gasteiger partial charge < -0.3 is 15.4 Å². The average molecular weight is 395 g/mol. The molecule has 0 bridgehead atoms. The summed E-state index contributed by atoms with van der Waals surface area (Å²) in [5.41, 5.74) is 2.18. The largest absolute Gasteiger partial charge is 0.376 e. The van der Waals surface area contributed by atoms with Crippen molar-refractivity contribution in [2.24, 2.45) is 0 Å². The summed E-state index contributed by atoms with van der Waals surface area (Å²) in [5.74, 6) is -0.501. The molecule has 0 aliphatic carbocycles. The Labute approximate surface area is 169 Å². The second-order valence-corrected chi connectivity index (χ2v) is 7.73. The number of carbonyl (C=O) groups is 2. The molecule has 2 N–H and O–H groups in total. The first kappa shape index (κ1) is 19.5. The van der Waals surface area contributed by atoms with E-state index in [-0.39, 0.29) is 29.7 Å². The summed E-state index contributed by atoms with van der Waals surface area (Å²) < 4.78 is 5.73. The highest BCUT2D eigenvalue weighted by molar-refractivity contribution is 6.04. The van der Waals surface area contributed by atoms with E-state index in [0.717, 1.165) is 31.7 Å². The molecule has 2 aliphatic rings. The van der Waals surface area contributed by atoms with E-state index in [1.807, 2.05) is 13.0 Å². The molecule has 0 radical (unpaired) electrons. The van der Waals surface area contributed by atoms with Crippen LogP contribution in [0.5, 0.6) is 0 Å². The zero-order valence-corrected chi connectivity index (χ0v) is 16.6. The summed E-state index contributed by atoms with van der Waals surface area (Å²) in [4.78, 5) is 35.5. The van der Waals surface area contributed by atoms with Gasteiger partial charge in [0.05, 0.1) is 18.9 Å². The van der Waals surface area contributed by atoms with E-state index >= 15 is 0 Å². The minimum Gasteiger partial charge on any atom is -0.376 e. The Morgan fingerprint density at radius 2 is 2.07 bits per heavy atom. The van der Waals surface area contributed by atoms with Crippen LogP contribution in [0.25, 0.3) is 0 Å². The van der Waals surface area contributed by atoms with Crippen LogP contribution >= 0.6 is 0 Å². The monoisotopic (exact) mass is 395 g/mol. The molecule has 2 saturated heterocycles. The normalized spacial score (nSPS) is 24.0. The van der Waals surface area contributed by atoms with Gasteiger partial charge in [0.15, 0.2) is 0 Å². The molecule has 3 atom stereocenters. The van der Waals surface area contributed by atoms with Crippen LogP contribution < -0.4 is 10.6 Å². The summed E-state index contributed by atoms with van der Waals surface area (Å²) in [7, 11) is 0. The molecule has 3 heterocycles.